The molecule has 2 rings (SSSR count). The number of nitrogens with zero attached hydrogens (tertiary/aromatic N) is 2. The van der Waals surface area contributed by atoms with E-state index in [1.165, 1.54) is 17.1 Å². The van der Waals surface area contributed by atoms with Gasteiger partial charge >= 0.3 is 0 Å². The highest BCUT2D eigenvalue weighted by Gasteiger charge is 2.08. The van der Waals surface area contributed by atoms with Crippen molar-refractivity contribution in [3.05, 3.63) is 35.5 Å². The van der Waals surface area contributed by atoms with E-state index in [4.69, 9.17) is 4.74 Å². The van der Waals surface area contributed by atoms with Crippen LogP contribution < -0.4 is 10.1 Å². The fourth-order valence-electron chi connectivity index (χ4n) is 1.88. The van der Waals surface area contributed by atoms with E-state index in [0.717, 1.165) is 29.4 Å². The Bertz CT molecular complexity index is 524. The first-order chi connectivity index (χ1) is 9.74. The third kappa shape index (κ3) is 3.70. The molecule has 1 aromatic carbocycles. The zero-order chi connectivity index (χ0) is 14.4. The van der Waals surface area contributed by atoms with Gasteiger partial charge in [-0.05, 0) is 37.0 Å². The van der Waals surface area contributed by atoms with Crippen LogP contribution in [0.4, 0.5) is 5.00 Å². The van der Waals surface area contributed by atoms with Crippen molar-refractivity contribution in [3.8, 4) is 5.75 Å². The van der Waals surface area contributed by atoms with Gasteiger partial charge < -0.3 is 10.1 Å². The number of anilines is 1. The first kappa shape index (κ1) is 14.8. The Morgan fingerprint density at radius 1 is 1.25 bits per heavy atom. The molecule has 0 aliphatic heterocycles. The normalized spacial score (nSPS) is 12.2. The van der Waals surface area contributed by atoms with Gasteiger partial charge in [-0.1, -0.05) is 30.5 Å². The van der Waals surface area contributed by atoms with E-state index in [-0.39, 0.29) is 0 Å². The number of hydrogen-bond acceptors (Lipinski definition) is 5. The van der Waals surface area contributed by atoms with Crippen molar-refractivity contribution in [2.75, 3.05) is 11.9 Å². The molecule has 1 N–H and O–H groups in total. The molecule has 4 nitrogen and oxygen atoms in total. The minimum Gasteiger partial charge on any atom is -0.487 e. The van der Waals surface area contributed by atoms with E-state index >= 15 is 0 Å². The Balaban J connectivity index is 1.95. The largest absolute Gasteiger partial charge is 0.487 e. The Labute approximate surface area is 124 Å². The van der Waals surface area contributed by atoms with Crippen molar-refractivity contribution < 1.29 is 4.74 Å². The predicted molar refractivity (Wildman–Crippen MR) is 83.6 cm³/mol. The Hall–Kier alpha value is -1.62. The van der Waals surface area contributed by atoms with Crippen molar-refractivity contribution in [2.24, 2.45) is 0 Å². The van der Waals surface area contributed by atoms with Gasteiger partial charge in [-0.3, -0.25) is 0 Å². The summed E-state index contributed by atoms with van der Waals surface area (Å²) in [6.07, 6.45) is 1.15. The van der Waals surface area contributed by atoms with Crippen LogP contribution in [0.5, 0.6) is 5.75 Å². The lowest BCUT2D eigenvalue weighted by Crippen LogP contribution is -2.02. The van der Waals surface area contributed by atoms with E-state index in [1.54, 1.807) is 0 Å². The van der Waals surface area contributed by atoms with Crippen LogP contribution in [0.2, 0.25) is 0 Å². The average molecular weight is 291 g/mol. The van der Waals surface area contributed by atoms with E-state index in [1.807, 2.05) is 12.1 Å². The lowest BCUT2D eigenvalue weighted by molar-refractivity contribution is 0.301. The summed E-state index contributed by atoms with van der Waals surface area (Å²) in [6, 6.07) is 8.31. The highest BCUT2D eigenvalue weighted by Crippen LogP contribution is 2.23. The molecule has 0 amide bonds. The highest BCUT2D eigenvalue weighted by atomic mass is 32.1. The molecule has 1 aromatic heterocycles. The molecule has 5 heteroatoms. The molecule has 1 atom stereocenters. The standard InChI is InChI=1S/C15H21N3OS/c1-4-11(3)12-6-8-13(9-7-12)19-10-14-15(16-5-2)20-18-17-14/h6-9,11,16H,4-5,10H2,1-3H3. The van der Waals surface area contributed by atoms with Crippen molar-refractivity contribution in [1.82, 2.24) is 9.59 Å². The average Bonchev–Trinajstić information content (AvgIpc) is 2.92. The van der Waals surface area contributed by atoms with Crippen LogP contribution in [0.1, 0.15) is 44.4 Å². The second-order valence-electron chi connectivity index (χ2n) is 4.75. The van der Waals surface area contributed by atoms with Crippen LogP contribution in [-0.4, -0.2) is 16.1 Å². The van der Waals surface area contributed by atoms with Crippen LogP contribution in [0.25, 0.3) is 0 Å². The number of nitrogens with one attached hydrogen (secondary N) is 1. The zero-order valence-corrected chi connectivity index (χ0v) is 13.0. The summed E-state index contributed by atoms with van der Waals surface area (Å²) in [4.78, 5) is 0. The summed E-state index contributed by atoms with van der Waals surface area (Å²) in [5.74, 6) is 1.46. The van der Waals surface area contributed by atoms with Crippen LogP contribution in [0.15, 0.2) is 24.3 Å². The van der Waals surface area contributed by atoms with Crippen LogP contribution in [-0.2, 0) is 6.61 Å². The molecule has 0 aliphatic carbocycles. The smallest absolute Gasteiger partial charge is 0.136 e. The minimum absolute atomic E-state index is 0.446. The Morgan fingerprint density at radius 3 is 2.65 bits per heavy atom. The maximum atomic E-state index is 5.77. The van der Waals surface area contributed by atoms with E-state index < -0.39 is 0 Å². The maximum absolute atomic E-state index is 5.77. The van der Waals surface area contributed by atoms with Gasteiger partial charge in [-0.15, -0.1) is 5.10 Å². The number of hydrogen-bond donors (Lipinski definition) is 1. The number of ether oxygens (including phenoxy) is 1. The van der Waals surface area contributed by atoms with Gasteiger partial charge in [-0.2, -0.15) is 0 Å². The molecule has 0 aliphatic rings. The lowest BCUT2D eigenvalue weighted by Gasteiger charge is -2.10. The monoisotopic (exact) mass is 291 g/mol. The van der Waals surface area contributed by atoms with Crippen LogP contribution in [0, 0.1) is 0 Å². The molecule has 1 unspecified atom stereocenters. The summed E-state index contributed by atoms with van der Waals surface area (Å²) >= 11 is 1.37. The first-order valence-electron chi connectivity index (χ1n) is 7.02. The Morgan fingerprint density at radius 2 is 2.00 bits per heavy atom. The number of rotatable bonds is 7. The first-order valence-corrected chi connectivity index (χ1v) is 7.79. The van der Waals surface area contributed by atoms with E-state index in [2.05, 4.69) is 47.8 Å². The van der Waals surface area contributed by atoms with E-state index in [9.17, 15) is 0 Å². The minimum atomic E-state index is 0.446. The van der Waals surface area contributed by atoms with Gasteiger partial charge in [0.1, 0.15) is 23.1 Å². The van der Waals surface area contributed by atoms with Crippen LogP contribution >= 0.6 is 11.5 Å². The quantitative estimate of drug-likeness (QED) is 0.835. The molecule has 0 fully saturated rings. The molecule has 2 aromatic rings. The van der Waals surface area contributed by atoms with Crippen molar-refractivity contribution in [1.29, 1.82) is 0 Å². The summed E-state index contributed by atoms with van der Waals surface area (Å²) in [5, 5.41) is 8.32. The lowest BCUT2D eigenvalue weighted by atomic mass is 9.99. The number of aromatic nitrogens is 2. The molecule has 0 spiro atoms. The van der Waals surface area contributed by atoms with Crippen molar-refractivity contribution >= 4 is 16.5 Å². The molecule has 0 saturated carbocycles. The Kier molecular flexibility index (Phi) is 5.35. The molecule has 0 radical (unpaired) electrons. The predicted octanol–water partition coefficient (Wildman–Crippen LogP) is 4.06. The van der Waals surface area contributed by atoms with Gasteiger partial charge in [0.25, 0.3) is 0 Å². The van der Waals surface area contributed by atoms with Gasteiger partial charge in [0.15, 0.2) is 0 Å². The summed E-state index contributed by atoms with van der Waals surface area (Å²) in [7, 11) is 0. The summed E-state index contributed by atoms with van der Waals surface area (Å²) in [6.45, 7) is 7.80. The summed E-state index contributed by atoms with van der Waals surface area (Å²) in [5.41, 5.74) is 2.21. The van der Waals surface area contributed by atoms with Gasteiger partial charge in [-0.25, -0.2) is 0 Å². The zero-order valence-electron chi connectivity index (χ0n) is 12.2. The molecular formula is C15H21N3OS. The second-order valence-corrected chi connectivity index (χ2v) is 5.50. The van der Waals surface area contributed by atoms with Gasteiger partial charge in [0.05, 0.1) is 0 Å². The van der Waals surface area contributed by atoms with Gasteiger partial charge in [0, 0.05) is 18.1 Å². The second kappa shape index (κ2) is 7.24. The molecular weight excluding hydrogens is 270 g/mol. The van der Waals surface area contributed by atoms with Crippen LogP contribution in [0.3, 0.4) is 0 Å². The van der Waals surface area contributed by atoms with Crippen molar-refractivity contribution in [3.63, 3.8) is 0 Å². The SMILES string of the molecule is CCNc1snnc1COc1ccc(C(C)CC)cc1. The molecule has 20 heavy (non-hydrogen) atoms. The topological polar surface area (TPSA) is 47.0 Å². The third-order valence-corrected chi connectivity index (χ3v) is 4.06. The highest BCUT2D eigenvalue weighted by molar-refractivity contribution is 7.10. The van der Waals surface area contributed by atoms with E-state index in [0.29, 0.717) is 12.5 Å². The summed E-state index contributed by atoms with van der Waals surface area (Å²) < 4.78 is 9.72. The third-order valence-electron chi connectivity index (χ3n) is 3.33. The maximum Gasteiger partial charge on any atom is 0.136 e. The fraction of sp³-hybridized carbons (Fsp3) is 0.467. The van der Waals surface area contributed by atoms with Crippen molar-refractivity contribution in [2.45, 2.75) is 39.7 Å². The van der Waals surface area contributed by atoms with Gasteiger partial charge in [0.2, 0.25) is 0 Å². The fourth-order valence-corrected chi connectivity index (χ4v) is 2.51. The molecule has 108 valence electrons. The molecule has 1 heterocycles. The molecule has 0 bridgehead atoms. The number of benzene rings is 1. The molecule has 0 saturated heterocycles.